The van der Waals surface area contributed by atoms with Gasteiger partial charge in [0.05, 0.1) is 12.7 Å². The van der Waals surface area contributed by atoms with Crippen molar-refractivity contribution in [2.75, 3.05) is 7.11 Å². The van der Waals surface area contributed by atoms with Gasteiger partial charge in [0.1, 0.15) is 0 Å². The SMILES string of the molecule is C=C(c1ccc2c(c1)C(C)(C)CCC2(C)C)c1ccc2cc(C(=O)OC)ccc2c1. The van der Waals surface area contributed by atoms with Crippen LogP contribution in [0.5, 0.6) is 0 Å². The predicted octanol–water partition coefficient (Wildman–Crippen LogP) is 7.04. The highest BCUT2D eigenvalue weighted by Gasteiger charge is 2.37. The van der Waals surface area contributed by atoms with Crippen molar-refractivity contribution in [2.45, 2.75) is 51.4 Å². The number of methoxy groups -OCH3 is 1. The first kappa shape index (κ1) is 20.4. The summed E-state index contributed by atoms with van der Waals surface area (Å²) in [6, 6.07) is 18.8. The maximum Gasteiger partial charge on any atom is 0.337 e. The first-order valence-electron chi connectivity index (χ1n) is 10.6. The van der Waals surface area contributed by atoms with Gasteiger partial charge in [-0.1, -0.05) is 70.7 Å². The highest BCUT2D eigenvalue weighted by molar-refractivity contribution is 5.96. The second kappa shape index (κ2) is 7.12. The van der Waals surface area contributed by atoms with E-state index in [1.165, 1.54) is 36.6 Å². The van der Waals surface area contributed by atoms with Gasteiger partial charge in [0.25, 0.3) is 0 Å². The predicted molar refractivity (Wildman–Crippen MR) is 125 cm³/mol. The van der Waals surface area contributed by atoms with Gasteiger partial charge < -0.3 is 4.74 Å². The minimum atomic E-state index is -0.315. The van der Waals surface area contributed by atoms with Crippen LogP contribution in [0, 0.1) is 0 Å². The topological polar surface area (TPSA) is 26.3 Å². The molecule has 30 heavy (non-hydrogen) atoms. The van der Waals surface area contributed by atoms with Gasteiger partial charge in [-0.25, -0.2) is 4.79 Å². The lowest BCUT2D eigenvalue weighted by Gasteiger charge is -2.42. The summed E-state index contributed by atoms with van der Waals surface area (Å²) in [5.74, 6) is -0.315. The van der Waals surface area contributed by atoms with Gasteiger partial charge in [0, 0.05) is 0 Å². The van der Waals surface area contributed by atoms with E-state index in [2.05, 4.69) is 64.6 Å². The van der Waals surface area contributed by atoms with E-state index in [4.69, 9.17) is 4.74 Å². The molecule has 0 fully saturated rings. The standard InChI is InChI=1S/C28H30O2/c1-18(19-7-8-22-16-23(26(29)30-6)10-9-21(22)15-19)20-11-12-24-25(17-20)28(4,5)14-13-27(24,2)3/h7-12,15-17H,1,13-14H2,2-6H3. The van der Waals surface area contributed by atoms with Crippen LogP contribution in [0.4, 0.5) is 0 Å². The van der Waals surface area contributed by atoms with Crippen molar-refractivity contribution in [2.24, 2.45) is 0 Å². The number of rotatable bonds is 3. The molecular formula is C28H30O2. The summed E-state index contributed by atoms with van der Waals surface area (Å²) in [5.41, 5.74) is 7.16. The van der Waals surface area contributed by atoms with Crippen molar-refractivity contribution >= 4 is 22.3 Å². The summed E-state index contributed by atoms with van der Waals surface area (Å²) >= 11 is 0. The zero-order chi connectivity index (χ0) is 21.7. The summed E-state index contributed by atoms with van der Waals surface area (Å²) in [4.78, 5) is 11.8. The molecule has 1 aliphatic rings. The van der Waals surface area contributed by atoms with Crippen molar-refractivity contribution in [3.63, 3.8) is 0 Å². The largest absolute Gasteiger partial charge is 0.465 e. The fourth-order valence-corrected chi connectivity index (χ4v) is 4.62. The van der Waals surface area contributed by atoms with Gasteiger partial charge in [-0.15, -0.1) is 0 Å². The Labute approximate surface area is 179 Å². The maximum atomic E-state index is 11.8. The number of hydrogen-bond acceptors (Lipinski definition) is 2. The average Bonchev–Trinajstić information content (AvgIpc) is 2.75. The van der Waals surface area contributed by atoms with Crippen LogP contribution in [0.2, 0.25) is 0 Å². The third-order valence-corrected chi connectivity index (χ3v) is 6.81. The minimum Gasteiger partial charge on any atom is -0.465 e. The van der Waals surface area contributed by atoms with Crippen molar-refractivity contribution in [3.8, 4) is 0 Å². The van der Waals surface area contributed by atoms with Crippen molar-refractivity contribution < 1.29 is 9.53 Å². The Kier molecular flexibility index (Phi) is 4.85. The Morgan fingerprint density at radius 3 is 1.90 bits per heavy atom. The van der Waals surface area contributed by atoms with Crippen LogP contribution in [0.15, 0.2) is 61.2 Å². The van der Waals surface area contributed by atoms with Gasteiger partial charge in [-0.3, -0.25) is 0 Å². The molecule has 2 heteroatoms. The number of carbonyl (C=O) groups excluding carboxylic acids is 1. The van der Waals surface area contributed by atoms with Gasteiger partial charge in [0.2, 0.25) is 0 Å². The molecule has 0 unspecified atom stereocenters. The summed E-state index contributed by atoms with van der Waals surface area (Å²) in [5, 5.41) is 2.10. The van der Waals surface area contributed by atoms with Crippen LogP contribution in [0.3, 0.4) is 0 Å². The van der Waals surface area contributed by atoms with Crippen molar-refractivity contribution in [1.82, 2.24) is 0 Å². The first-order chi connectivity index (χ1) is 14.1. The highest BCUT2D eigenvalue weighted by Crippen LogP contribution is 2.46. The fourth-order valence-electron chi connectivity index (χ4n) is 4.62. The number of fused-ring (bicyclic) bond motifs is 2. The monoisotopic (exact) mass is 398 g/mol. The molecule has 0 amide bonds. The smallest absolute Gasteiger partial charge is 0.337 e. The van der Waals surface area contributed by atoms with E-state index in [1.54, 1.807) is 0 Å². The van der Waals surface area contributed by atoms with Crippen LogP contribution in [0.1, 0.15) is 73.1 Å². The molecule has 0 bridgehead atoms. The van der Waals surface area contributed by atoms with Gasteiger partial charge in [0.15, 0.2) is 0 Å². The molecule has 0 saturated heterocycles. The molecule has 0 radical (unpaired) electrons. The van der Waals surface area contributed by atoms with Crippen LogP contribution in [0.25, 0.3) is 16.3 Å². The Morgan fingerprint density at radius 1 is 0.767 bits per heavy atom. The lowest BCUT2D eigenvalue weighted by molar-refractivity contribution is 0.0601. The van der Waals surface area contributed by atoms with E-state index in [1.807, 2.05) is 24.3 Å². The molecule has 4 rings (SSSR count). The van der Waals surface area contributed by atoms with Gasteiger partial charge in [-0.2, -0.15) is 0 Å². The van der Waals surface area contributed by atoms with Crippen molar-refractivity contribution in [3.05, 3.63) is 89.0 Å². The number of benzene rings is 3. The minimum absolute atomic E-state index is 0.175. The first-order valence-corrected chi connectivity index (χ1v) is 10.6. The molecule has 2 nitrogen and oxygen atoms in total. The van der Waals surface area contributed by atoms with E-state index in [-0.39, 0.29) is 16.8 Å². The van der Waals surface area contributed by atoms with Crippen molar-refractivity contribution in [1.29, 1.82) is 0 Å². The lowest BCUT2D eigenvalue weighted by atomic mass is 9.63. The Hall–Kier alpha value is -2.87. The zero-order valence-corrected chi connectivity index (χ0v) is 18.6. The molecule has 3 aromatic rings. The molecule has 0 spiro atoms. The summed E-state index contributed by atoms with van der Waals surface area (Å²) < 4.78 is 4.83. The summed E-state index contributed by atoms with van der Waals surface area (Å²) in [6.45, 7) is 13.8. The Bertz CT molecular complexity index is 1160. The van der Waals surface area contributed by atoms with Crippen LogP contribution >= 0.6 is 0 Å². The second-order valence-electron chi connectivity index (χ2n) is 9.77. The quantitative estimate of drug-likeness (QED) is 0.442. The van der Waals surface area contributed by atoms with E-state index < -0.39 is 0 Å². The molecule has 154 valence electrons. The van der Waals surface area contributed by atoms with E-state index in [9.17, 15) is 4.79 Å². The molecule has 0 saturated carbocycles. The molecule has 0 atom stereocenters. The van der Waals surface area contributed by atoms with Crippen LogP contribution in [-0.2, 0) is 15.6 Å². The zero-order valence-electron chi connectivity index (χ0n) is 18.6. The van der Waals surface area contributed by atoms with Crippen LogP contribution < -0.4 is 0 Å². The molecule has 0 heterocycles. The average molecular weight is 399 g/mol. The number of hydrogen-bond donors (Lipinski definition) is 0. The highest BCUT2D eigenvalue weighted by atomic mass is 16.5. The van der Waals surface area contributed by atoms with E-state index >= 15 is 0 Å². The number of ether oxygens (including phenoxy) is 1. The fraction of sp³-hybridized carbons (Fsp3) is 0.321. The molecule has 3 aromatic carbocycles. The molecule has 0 aliphatic heterocycles. The molecule has 0 aromatic heterocycles. The molecule has 1 aliphatic carbocycles. The van der Waals surface area contributed by atoms with E-state index in [0.717, 1.165) is 21.9 Å². The molecule has 0 N–H and O–H groups in total. The Balaban J connectivity index is 1.73. The summed E-state index contributed by atoms with van der Waals surface area (Å²) in [6.07, 6.45) is 2.41. The molecular weight excluding hydrogens is 368 g/mol. The maximum absolute atomic E-state index is 11.8. The second-order valence-corrected chi connectivity index (χ2v) is 9.77. The number of esters is 1. The van der Waals surface area contributed by atoms with Gasteiger partial charge in [-0.05, 0) is 80.5 Å². The lowest BCUT2D eigenvalue weighted by Crippen LogP contribution is -2.33. The van der Waals surface area contributed by atoms with E-state index in [0.29, 0.717) is 5.56 Å². The van der Waals surface area contributed by atoms with Crippen LogP contribution in [-0.4, -0.2) is 13.1 Å². The normalized spacial score (nSPS) is 16.7. The third kappa shape index (κ3) is 3.45. The number of carbonyl (C=O) groups is 1. The third-order valence-electron chi connectivity index (χ3n) is 6.81. The van der Waals surface area contributed by atoms with Gasteiger partial charge >= 0.3 is 5.97 Å². The Morgan fingerprint density at radius 2 is 1.27 bits per heavy atom. The summed E-state index contributed by atoms with van der Waals surface area (Å²) in [7, 11) is 1.40.